The number of carbonyl (C=O) groups is 2. The summed E-state index contributed by atoms with van der Waals surface area (Å²) in [6, 6.07) is 0. The summed E-state index contributed by atoms with van der Waals surface area (Å²) >= 11 is 0. The minimum Gasteiger partial charge on any atom is -0.564 e. The van der Waals surface area contributed by atoms with Crippen molar-refractivity contribution in [2.45, 2.75) is 38.5 Å². The lowest BCUT2D eigenvalue weighted by Crippen LogP contribution is -2.49. The first kappa shape index (κ1) is 9.49. The second-order valence-corrected chi connectivity index (χ2v) is 4.69. The molecule has 14 heavy (non-hydrogen) atoms. The average molecular weight is 199 g/mol. The van der Waals surface area contributed by atoms with Gasteiger partial charge < -0.3 is 10.2 Å². The summed E-state index contributed by atoms with van der Waals surface area (Å²) in [4.78, 5) is 22.2. The highest BCUT2D eigenvalue weighted by Crippen LogP contribution is 2.56. The summed E-state index contributed by atoms with van der Waals surface area (Å²) in [5.74, 6) is -1.21. The molecule has 0 heterocycles. The fourth-order valence-corrected chi connectivity index (χ4v) is 2.85. The van der Waals surface area contributed by atoms with Crippen LogP contribution in [0.3, 0.4) is 0 Å². The molecular weight excluding hydrogens is 184 g/mol. The third-order valence-corrected chi connectivity index (χ3v) is 4.18. The van der Waals surface area contributed by atoms with E-state index in [4.69, 9.17) is 10.2 Å². The molecule has 3 rings (SSSR count). The average Bonchev–Trinajstić information content (AvgIpc) is 2.20. The number of aliphatic carboxylic acids is 1. The number of rotatable bonds is 2. The van der Waals surface area contributed by atoms with E-state index in [0.717, 1.165) is 0 Å². The molecule has 0 unspecified atom stereocenters. The van der Waals surface area contributed by atoms with Crippen molar-refractivity contribution in [1.29, 1.82) is 0 Å². The Bertz CT molecular complexity index is 240. The zero-order valence-corrected chi connectivity index (χ0v) is 8.01. The van der Waals surface area contributed by atoms with Crippen molar-refractivity contribution < 1.29 is 19.8 Å². The maximum absolute atomic E-state index is 11.2. The largest absolute Gasteiger partial charge is 0.564 e. The van der Waals surface area contributed by atoms with Crippen LogP contribution >= 0.6 is 0 Å². The Morgan fingerprint density at radius 3 is 1.57 bits per heavy atom. The van der Waals surface area contributed by atoms with Gasteiger partial charge in [0, 0.05) is 4.79 Å². The molecule has 0 amide bonds. The van der Waals surface area contributed by atoms with E-state index >= 15 is 0 Å². The summed E-state index contributed by atoms with van der Waals surface area (Å²) in [7, 11) is 0. The quantitative estimate of drug-likeness (QED) is 0.664. The zero-order valence-electron chi connectivity index (χ0n) is 8.01. The molecule has 0 aromatic heterocycles. The fourth-order valence-electron chi connectivity index (χ4n) is 2.85. The summed E-state index contributed by atoms with van der Waals surface area (Å²) in [6.07, 6.45) is 3.53. The summed E-state index contributed by atoms with van der Waals surface area (Å²) < 4.78 is 0. The third-order valence-electron chi connectivity index (χ3n) is 4.18. The predicted molar refractivity (Wildman–Crippen MR) is 48.8 cm³/mol. The van der Waals surface area contributed by atoms with Crippen LogP contribution in [-0.4, -0.2) is 22.2 Å². The second kappa shape index (κ2) is 2.72. The van der Waals surface area contributed by atoms with Gasteiger partial charge in [0.2, 0.25) is 0 Å². The van der Waals surface area contributed by atoms with Crippen LogP contribution in [0, 0.1) is 10.8 Å². The zero-order chi connectivity index (χ0) is 10.4. The third kappa shape index (κ3) is 1.06. The Kier molecular flexibility index (Phi) is 1.84. The Balaban J connectivity index is 2.21. The molecule has 0 radical (unpaired) electrons. The number of carbonyl (C=O) groups excluding carboxylic acids is 1. The molecule has 3 saturated carbocycles. The number of fused-ring (bicyclic) bond motifs is 3. The van der Waals surface area contributed by atoms with Crippen LogP contribution in [0.2, 0.25) is 0 Å². The normalized spacial score (nSPS) is 40.9. The summed E-state index contributed by atoms with van der Waals surface area (Å²) in [6.45, 7) is 0. The number of carboxylic acid groups (broad SMARTS) is 1. The first-order valence-corrected chi connectivity index (χ1v) is 5.00. The first-order chi connectivity index (χ1) is 6.51. The van der Waals surface area contributed by atoms with E-state index in [0.29, 0.717) is 38.5 Å². The standard InChI is InChI=1S/C10H14O4/c11-7(12)9-1-2-10(5-3-9,6-4-9)8(13)14/h1-6H2,(H,11,12)(H,13,14)/p+1. The molecule has 3 N–H and O–H groups in total. The van der Waals surface area contributed by atoms with E-state index in [1.165, 1.54) is 0 Å². The van der Waals surface area contributed by atoms with Gasteiger partial charge in [0.15, 0.2) is 0 Å². The van der Waals surface area contributed by atoms with Gasteiger partial charge in [-0.2, -0.15) is 0 Å². The number of hydrogen-bond acceptors (Lipinski definition) is 2. The van der Waals surface area contributed by atoms with E-state index in [2.05, 4.69) is 0 Å². The Hall–Kier alpha value is -1.06. The fraction of sp³-hybridized carbons (Fsp3) is 0.800. The van der Waals surface area contributed by atoms with Crippen molar-refractivity contribution in [2.24, 2.45) is 10.8 Å². The van der Waals surface area contributed by atoms with Crippen LogP contribution in [-0.2, 0) is 9.59 Å². The maximum Gasteiger partial charge on any atom is 0.522 e. The lowest BCUT2D eigenvalue weighted by atomic mass is 9.54. The first-order valence-electron chi connectivity index (χ1n) is 5.00. The van der Waals surface area contributed by atoms with E-state index in [1.54, 1.807) is 0 Å². The molecule has 0 saturated heterocycles. The Morgan fingerprint density at radius 2 is 1.29 bits per heavy atom. The lowest BCUT2D eigenvalue weighted by molar-refractivity contribution is -0.170. The minimum atomic E-state index is -0.719. The van der Waals surface area contributed by atoms with E-state index in [9.17, 15) is 9.59 Å². The Morgan fingerprint density at radius 1 is 0.929 bits per heavy atom. The lowest BCUT2D eigenvalue weighted by Gasteiger charge is -2.46. The SMILES string of the molecule is O=C(O)C12CCC(C(=O)[OH2+])(CC1)CC2. The van der Waals surface area contributed by atoms with Crippen LogP contribution in [0.1, 0.15) is 38.5 Å². The molecule has 4 nitrogen and oxygen atoms in total. The second-order valence-electron chi connectivity index (χ2n) is 4.69. The Labute approximate surface area is 81.9 Å². The van der Waals surface area contributed by atoms with Gasteiger partial charge in [0.25, 0.3) is 0 Å². The molecule has 3 aliphatic carbocycles. The smallest absolute Gasteiger partial charge is 0.522 e. The monoisotopic (exact) mass is 199 g/mol. The molecule has 3 aliphatic rings. The molecule has 0 aromatic carbocycles. The molecule has 0 atom stereocenters. The van der Waals surface area contributed by atoms with Crippen molar-refractivity contribution in [3.63, 3.8) is 0 Å². The molecule has 0 aliphatic heterocycles. The van der Waals surface area contributed by atoms with Gasteiger partial charge in [0.1, 0.15) is 5.41 Å². The van der Waals surface area contributed by atoms with E-state index < -0.39 is 22.8 Å². The van der Waals surface area contributed by atoms with Crippen molar-refractivity contribution in [3.05, 3.63) is 0 Å². The summed E-state index contributed by atoms with van der Waals surface area (Å²) in [5, 5.41) is 16.3. The minimum absolute atomic E-state index is 0.489. The van der Waals surface area contributed by atoms with Crippen LogP contribution in [0.15, 0.2) is 0 Å². The van der Waals surface area contributed by atoms with Crippen molar-refractivity contribution in [1.82, 2.24) is 0 Å². The molecular formula is C10H15O4+. The number of carboxylic acids is 1. The van der Waals surface area contributed by atoms with Crippen molar-refractivity contribution >= 4 is 11.9 Å². The molecule has 4 heteroatoms. The highest BCUT2D eigenvalue weighted by molar-refractivity contribution is 5.79. The topological polar surface area (TPSA) is 77.3 Å². The van der Waals surface area contributed by atoms with Crippen LogP contribution < -0.4 is 0 Å². The van der Waals surface area contributed by atoms with Gasteiger partial charge in [-0.1, -0.05) is 0 Å². The van der Waals surface area contributed by atoms with Crippen LogP contribution in [0.5, 0.6) is 0 Å². The summed E-state index contributed by atoms with van der Waals surface area (Å²) in [5.41, 5.74) is -1.06. The highest BCUT2D eigenvalue weighted by atomic mass is 16.4. The van der Waals surface area contributed by atoms with Gasteiger partial charge in [0.05, 0.1) is 5.41 Å². The van der Waals surface area contributed by atoms with Gasteiger partial charge in [-0.15, -0.1) is 0 Å². The van der Waals surface area contributed by atoms with E-state index in [-0.39, 0.29) is 0 Å². The van der Waals surface area contributed by atoms with Crippen molar-refractivity contribution in [2.75, 3.05) is 0 Å². The van der Waals surface area contributed by atoms with Gasteiger partial charge in [-0.3, -0.25) is 4.79 Å². The van der Waals surface area contributed by atoms with Crippen LogP contribution in [0.4, 0.5) is 0 Å². The van der Waals surface area contributed by atoms with Gasteiger partial charge >= 0.3 is 11.9 Å². The molecule has 2 bridgehead atoms. The van der Waals surface area contributed by atoms with Crippen LogP contribution in [0.25, 0.3) is 0 Å². The van der Waals surface area contributed by atoms with Crippen molar-refractivity contribution in [3.8, 4) is 0 Å². The predicted octanol–water partition coefficient (Wildman–Crippen LogP) is 0.663. The molecule has 0 aromatic rings. The molecule has 3 fully saturated rings. The van der Waals surface area contributed by atoms with Gasteiger partial charge in [-0.25, -0.2) is 0 Å². The maximum atomic E-state index is 11.2. The molecule has 0 spiro atoms. The number of hydrogen-bond donors (Lipinski definition) is 1. The van der Waals surface area contributed by atoms with E-state index in [1.807, 2.05) is 0 Å². The highest BCUT2D eigenvalue weighted by Gasteiger charge is 2.58. The van der Waals surface area contributed by atoms with Gasteiger partial charge in [-0.05, 0) is 38.5 Å². The molecule has 78 valence electrons.